The number of aromatic nitrogens is 3. The number of nitrogens with zero attached hydrogens (tertiary/aromatic N) is 3. The molecule has 0 saturated carbocycles. The van der Waals surface area contributed by atoms with E-state index in [-0.39, 0.29) is 17.0 Å². The van der Waals surface area contributed by atoms with Crippen molar-refractivity contribution in [3.05, 3.63) is 43.0 Å². The highest BCUT2D eigenvalue weighted by Gasteiger charge is 2.05. The monoisotopic (exact) mass is 267 g/mol. The maximum atomic E-state index is 4.26. The van der Waals surface area contributed by atoms with Crippen LogP contribution in [0.25, 0.3) is 5.69 Å². The summed E-state index contributed by atoms with van der Waals surface area (Å²) in [5, 5.41) is 4.26. The van der Waals surface area contributed by atoms with Gasteiger partial charge in [-0.3, -0.25) is 0 Å². The molecular weight excluding hydrogens is 254 g/mol. The standard InChI is InChI=1S/C11H14N3.BrH/c1-2-8-14-10-13(9-12-14)11-6-4-3-5-7-11;/h3-7,9-10H,2,8H2,1H3;1H/q+1;/p-1. The van der Waals surface area contributed by atoms with E-state index in [2.05, 4.69) is 24.2 Å². The van der Waals surface area contributed by atoms with Crippen molar-refractivity contribution in [1.82, 2.24) is 9.78 Å². The Morgan fingerprint density at radius 2 is 2.00 bits per heavy atom. The molecule has 15 heavy (non-hydrogen) atoms. The van der Waals surface area contributed by atoms with Crippen LogP contribution in [0.1, 0.15) is 13.3 Å². The highest BCUT2D eigenvalue weighted by Crippen LogP contribution is 1.96. The zero-order valence-electron chi connectivity index (χ0n) is 8.68. The summed E-state index contributed by atoms with van der Waals surface area (Å²) in [5.74, 6) is 0. The van der Waals surface area contributed by atoms with Crippen LogP contribution < -0.4 is 21.5 Å². The first kappa shape index (κ1) is 11.9. The minimum absolute atomic E-state index is 0. The van der Waals surface area contributed by atoms with Gasteiger partial charge in [0.05, 0.1) is 0 Å². The molecule has 2 aromatic rings. The molecule has 1 aromatic carbocycles. The molecule has 4 heteroatoms. The van der Waals surface area contributed by atoms with Crippen molar-refractivity contribution in [3.8, 4) is 5.69 Å². The predicted octanol–water partition coefficient (Wildman–Crippen LogP) is -1.43. The Morgan fingerprint density at radius 3 is 2.67 bits per heavy atom. The van der Waals surface area contributed by atoms with Crippen LogP contribution in [0.5, 0.6) is 0 Å². The minimum Gasteiger partial charge on any atom is -1.00 e. The lowest BCUT2D eigenvalue weighted by Gasteiger charge is -1.92. The van der Waals surface area contributed by atoms with Gasteiger partial charge in [-0.1, -0.05) is 25.1 Å². The quantitative estimate of drug-likeness (QED) is 0.626. The summed E-state index contributed by atoms with van der Waals surface area (Å²) in [4.78, 5) is 0. The van der Waals surface area contributed by atoms with Crippen molar-refractivity contribution >= 4 is 0 Å². The third-order valence-electron chi connectivity index (χ3n) is 2.09. The number of aryl methyl sites for hydroxylation is 1. The van der Waals surface area contributed by atoms with Gasteiger partial charge in [0.25, 0.3) is 6.33 Å². The van der Waals surface area contributed by atoms with E-state index in [0.717, 1.165) is 18.7 Å². The van der Waals surface area contributed by atoms with E-state index in [0.29, 0.717) is 0 Å². The van der Waals surface area contributed by atoms with Gasteiger partial charge in [0.1, 0.15) is 12.2 Å². The van der Waals surface area contributed by atoms with Crippen molar-refractivity contribution in [2.45, 2.75) is 19.9 Å². The fourth-order valence-electron chi connectivity index (χ4n) is 1.40. The van der Waals surface area contributed by atoms with Crippen LogP contribution in [0, 0.1) is 0 Å². The first-order valence-electron chi connectivity index (χ1n) is 4.89. The molecule has 0 N–H and O–H groups in total. The van der Waals surface area contributed by atoms with E-state index in [4.69, 9.17) is 0 Å². The van der Waals surface area contributed by atoms with Gasteiger partial charge in [-0.2, -0.15) is 0 Å². The molecule has 0 unspecified atom stereocenters. The zero-order valence-corrected chi connectivity index (χ0v) is 10.3. The van der Waals surface area contributed by atoms with Crippen LogP contribution in [0.15, 0.2) is 43.0 Å². The van der Waals surface area contributed by atoms with Crippen molar-refractivity contribution in [2.75, 3.05) is 0 Å². The van der Waals surface area contributed by atoms with Gasteiger partial charge in [0.2, 0.25) is 6.33 Å². The van der Waals surface area contributed by atoms with Gasteiger partial charge in [0, 0.05) is 5.10 Å². The van der Waals surface area contributed by atoms with Crippen LogP contribution in [0.4, 0.5) is 0 Å². The van der Waals surface area contributed by atoms with E-state index >= 15 is 0 Å². The van der Waals surface area contributed by atoms with E-state index in [1.165, 1.54) is 0 Å². The molecule has 0 fully saturated rings. The SMILES string of the molecule is CCCn1c[n+](-c2ccccc2)cn1.[Br-]. The normalized spacial score (nSPS) is 9.67. The average Bonchev–Trinajstić information content (AvgIpc) is 2.68. The Kier molecular flexibility index (Phi) is 4.49. The number of rotatable bonds is 3. The second-order valence-electron chi connectivity index (χ2n) is 3.25. The van der Waals surface area contributed by atoms with Crippen molar-refractivity contribution in [2.24, 2.45) is 0 Å². The van der Waals surface area contributed by atoms with Crippen LogP contribution in [0.2, 0.25) is 0 Å². The Labute approximate surface area is 100 Å². The largest absolute Gasteiger partial charge is 1.00 e. The summed E-state index contributed by atoms with van der Waals surface area (Å²) in [5.41, 5.74) is 1.15. The molecule has 0 aliphatic heterocycles. The molecule has 0 spiro atoms. The summed E-state index contributed by atoms with van der Waals surface area (Å²) in [7, 11) is 0. The summed E-state index contributed by atoms with van der Waals surface area (Å²) in [6.07, 6.45) is 4.96. The van der Waals surface area contributed by atoms with Gasteiger partial charge >= 0.3 is 0 Å². The van der Waals surface area contributed by atoms with Crippen molar-refractivity contribution in [3.63, 3.8) is 0 Å². The molecule has 0 bridgehead atoms. The number of halogens is 1. The Hall–Kier alpha value is -1.16. The molecule has 1 heterocycles. The highest BCUT2D eigenvalue weighted by atomic mass is 79.9. The smallest absolute Gasteiger partial charge is 0.270 e. The molecule has 1 aromatic heterocycles. The van der Waals surface area contributed by atoms with Crippen molar-refractivity contribution < 1.29 is 21.5 Å². The predicted molar refractivity (Wildman–Crippen MR) is 54.1 cm³/mol. The molecule has 0 aliphatic rings. The van der Waals surface area contributed by atoms with Gasteiger partial charge < -0.3 is 17.0 Å². The molecule has 0 saturated heterocycles. The molecular formula is C11H14BrN3. The van der Waals surface area contributed by atoms with Crippen LogP contribution >= 0.6 is 0 Å². The number of benzene rings is 1. The fourth-order valence-corrected chi connectivity index (χ4v) is 1.40. The zero-order chi connectivity index (χ0) is 9.80. The van der Waals surface area contributed by atoms with Crippen LogP contribution in [0.3, 0.4) is 0 Å². The second kappa shape index (κ2) is 5.66. The number of hydrogen-bond acceptors (Lipinski definition) is 1. The number of hydrogen-bond donors (Lipinski definition) is 0. The summed E-state index contributed by atoms with van der Waals surface area (Å²) < 4.78 is 3.97. The highest BCUT2D eigenvalue weighted by molar-refractivity contribution is 5.20. The van der Waals surface area contributed by atoms with Gasteiger partial charge in [-0.25, -0.2) is 4.57 Å². The molecule has 0 radical (unpaired) electrons. The Balaban J connectivity index is 0.00000112. The fraction of sp³-hybridized carbons (Fsp3) is 0.273. The lowest BCUT2D eigenvalue weighted by atomic mass is 10.3. The summed E-state index contributed by atoms with van der Waals surface area (Å²) in [6.45, 7) is 3.12. The molecule has 0 amide bonds. The van der Waals surface area contributed by atoms with Crippen LogP contribution in [-0.2, 0) is 6.54 Å². The van der Waals surface area contributed by atoms with Crippen molar-refractivity contribution in [1.29, 1.82) is 0 Å². The van der Waals surface area contributed by atoms with E-state index in [1.807, 2.05) is 40.1 Å². The Bertz CT molecular complexity index is 397. The molecule has 2 rings (SSSR count). The van der Waals surface area contributed by atoms with E-state index in [1.54, 1.807) is 0 Å². The molecule has 0 aliphatic carbocycles. The molecule has 80 valence electrons. The Morgan fingerprint density at radius 1 is 1.27 bits per heavy atom. The third-order valence-corrected chi connectivity index (χ3v) is 2.09. The summed E-state index contributed by atoms with van der Waals surface area (Å²) >= 11 is 0. The second-order valence-corrected chi connectivity index (χ2v) is 3.25. The maximum Gasteiger partial charge on any atom is 0.270 e. The van der Waals surface area contributed by atoms with E-state index < -0.39 is 0 Å². The number of para-hydroxylation sites is 1. The maximum absolute atomic E-state index is 4.26. The minimum atomic E-state index is 0. The molecule has 3 nitrogen and oxygen atoms in total. The molecule has 0 atom stereocenters. The lowest BCUT2D eigenvalue weighted by molar-refractivity contribution is -0.596. The lowest BCUT2D eigenvalue weighted by Crippen LogP contribution is -3.00. The van der Waals surface area contributed by atoms with E-state index in [9.17, 15) is 0 Å². The van der Waals surface area contributed by atoms with Gasteiger partial charge in [-0.15, -0.1) is 4.68 Å². The first-order valence-corrected chi connectivity index (χ1v) is 4.89. The average molecular weight is 268 g/mol. The van der Waals surface area contributed by atoms with Gasteiger partial charge in [0.15, 0.2) is 0 Å². The summed E-state index contributed by atoms with van der Waals surface area (Å²) in [6, 6.07) is 10.2. The van der Waals surface area contributed by atoms with Crippen LogP contribution in [-0.4, -0.2) is 9.78 Å². The third kappa shape index (κ3) is 2.89. The topological polar surface area (TPSA) is 21.7 Å². The first-order chi connectivity index (χ1) is 6.90. The van der Waals surface area contributed by atoms with Gasteiger partial charge in [-0.05, 0) is 18.6 Å².